The van der Waals surface area contributed by atoms with Crippen molar-refractivity contribution in [3.05, 3.63) is 64.9 Å². The number of primary amides is 1. The van der Waals surface area contributed by atoms with Crippen molar-refractivity contribution in [3.63, 3.8) is 0 Å². The maximum atomic E-state index is 11.8. The molecule has 3 aromatic rings. The number of allylic oxidation sites excluding steroid dienone is 1. The Hall–Kier alpha value is -3.06. The number of hydrogen-bond acceptors (Lipinski definition) is 6. The van der Waals surface area contributed by atoms with Gasteiger partial charge in [0.15, 0.2) is 0 Å². The van der Waals surface area contributed by atoms with Gasteiger partial charge in [0, 0.05) is 23.9 Å². The van der Waals surface area contributed by atoms with Gasteiger partial charge in [-0.1, -0.05) is 6.08 Å². The van der Waals surface area contributed by atoms with Gasteiger partial charge in [0.05, 0.1) is 35.0 Å². The highest BCUT2D eigenvalue weighted by Crippen LogP contribution is 2.38. The summed E-state index contributed by atoms with van der Waals surface area (Å²) >= 11 is 1.54. The van der Waals surface area contributed by atoms with Crippen LogP contribution in [0.3, 0.4) is 0 Å². The van der Waals surface area contributed by atoms with E-state index in [9.17, 15) is 4.79 Å². The van der Waals surface area contributed by atoms with Crippen LogP contribution in [0.2, 0.25) is 0 Å². The fraction of sp³-hybridized carbons (Fsp3) is 0.238. The smallest absolute Gasteiger partial charge is 0.218 e. The fourth-order valence-corrected chi connectivity index (χ4v) is 4.50. The Labute approximate surface area is 166 Å². The highest BCUT2D eigenvalue weighted by Gasteiger charge is 2.36. The zero-order valence-corrected chi connectivity index (χ0v) is 16.5. The first-order valence-corrected chi connectivity index (χ1v) is 9.71. The lowest BCUT2D eigenvalue weighted by Gasteiger charge is -2.28. The molecule has 142 valence electrons. The maximum absolute atomic E-state index is 11.8. The van der Waals surface area contributed by atoms with Crippen molar-refractivity contribution >= 4 is 33.2 Å². The molecular formula is C21H20N4O2S. The molecule has 1 amide bonds. The zero-order chi connectivity index (χ0) is 19.7. The van der Waals surface area contributed by atoms with Crippen LogP contribution in [-0.4, -0.2) is 35.2 Å². The van der Waals surface area contributed by atoms with Gasteiger partial charge in [-0.25, -0.2) is 4.98 Å². The lowest BCUT2D eigenvalue weighted by molar-refractivity contribution is -0.118. The first-order chi connectivity index (χ1) is 13.5. The minimum absolute atomic E-state index is 0.159. The number of nitrogens with two attached hydrogens (primary N) is 1. The summed E-state index contributed by atoms with van der Waals surface area (Å²) in [5, 5.41) is 0.833. The van der Waals surface area contributed by atoms with Crippen molar-refractivity contribution < 1.29 is 9.53 Å². The van der Waals surface area contributed by atoms with Crippen molar-refractivity contribution in [1.29, 1.82) is 0 Å². The van der Waals surface area contributed by atoms with Crippen molar-refractivity contribution in [2.24, 2.45) is 10.7 Å². The van der Waals surface area contributed by atoms with Crippen LogP contribution in [0, 0.1) is 6.92 Å². The van der Waals surface area contributed by atoms with Crippen LogP contribution in [-0.2, 0) is 10.2 Å². The van der Waals surface area contributed by atoms with Gasteiger partial charge < -0.3 is 10.5 Å². The van der Waals surface area contributed by atoms with Crippen LogP contribution in [0.15, 0.2) is 53.7 Å². The lowest BCUT2D eigenvalue weighted by atomic mass is 9.82. The average Bonchev–Trinajstić information content (AvgIpc) is 3.12. The first kappa shape index (κ1) is 18.3. The minimum Gasteiger partial charge on any atom is -0.497 e. The normalized spacial score (nSPS) is 18.9. The third-order valence-electron chi connectivity index (χ3n) is 4.80. The van der Waals surface area contributed by atoms with Crippen molar-refractivity contribution in [3.8, 4) is 5.75 Å². The summed E-state index contributed by atoms with van der Waals surface area (Å²) in [5.74, 6) is 0.402. The molecule has 2 aromatic heterocycles. The van der Waals surface area contributed by atoms with Gasteiger partial charge in [-0.3, -0.25) is 14.8 Å². The molecule has 6 nitrogen and oxygen atoms in total. The van der Waals surface area contributed by atoms with E-state index in [1.54, 1.807) is 24.6 Å². The highest BCUT2D eigenvalue weighted by atomic mass is 32.1. The van der Waals surface area contributed by atoms with Crippen LogP contribution in [0.25, 0.3) is 10.2 Å². The van der Waals surface area contributed by atoms with Gasteiger partial charge in [0.2, 0.25) is 5.91 Å². The number of aryl methyl sites for hydroxylation is 1. The molecule has 0 fully saturated rings. The number of methoxy groups -OCH3 is 1. The molecule has 28 heavy (non-hydrogen) atoms. The summed E-state index contributed by atoms with van der Waals surface area (Å²) in [6.45, 7) is 2.36. The van der Waals surface area contributed by atoms with E-state index in [1.165, 1.54) is 0 Å². The van der Waals surface area contributed by atoms with Gasteiger partial charge in [-0.2, -0.15) is 0 Å². The number of dihydropyridines is 1. The molecule has 4 rings (SSSR count). The number of pyridine rings is 1. The Morgan fingerprint density at radius 3 is 2.86 bits per heavy atom. The third-order valence-corrected chi connectivity index (χ3v) is 6.03. The number of benzene rings is 1. The summed E-state index contributed by atoms with van der Waals surface area (Å²) in [7, 11) is 1.64. The number of nitrogens with zero attached hydrogens (tertiary/aromatic N) is 3. The molecule has 0 saturated carbocycles. The molecule has 2 N–H and O–H groups in total. The van der Waals surface area contributed by atoms with Crippen LogP contribution < -0.4 is 10.5 Å². The van der Waals surface area contributed by atoms with Crippen LogP contribution in [0.4, 0.5) is 0 Å². The monoisotopic (exact) mass is 392 g/mol. The first-order valence-electron chi connectivity index (χ1n) is 8.89. The molecule has 0 saturated heterocycles. The van der Waals surface area contributed by atoms with E-state index >= 15 is 0 Å². The van der Waals surface area contributed by atoms with Gasteiger partial charge in [-0.15, -0.1) is 11.3 Å². The van der Waals surface area contributed by atoms with Crippen molar-refractivity contribution in [1.82, 2.24) is 9.97 Å². The molecule has 1 unspecified atom stereocenters. The second kappa shape index (κ2) is 7.16. The zero-order valence-electron chi connectivity index (χ0n) is 15.7. The quantitative estimate of drug-likeness (QED) is 0.722. The number of amides is 1. The average molecular weight is 392 g/mol. The number of ether oxygens (including phenoxy) is 1. The summed E-state index contributed by atoms with van der Waals surface area (Å²) in [6.07, 6.45) is 5.90. The van der Waals surface area contributed by atoms with E-state index < -0.39 is 5.41 Å². The van der Waals surface area contributed by atoms with E-state index in [2.05, 4.69) is 4.98 Å². The molecule has 7 heteroatoms. The molecule has 1 atom stereocenters. The molecule has 0 spiro atoms. The van der Waals surface area contributed by atoms with Crippen LogP contribution >= 0.6 is 11.3 Å². The summed E-state index contributed by atoms with van der Waals surface area (Å²) in [5.41, 5.74) is 8.63. The number of thiazole rings is 1. The molecule has 1 aromatic carbocycles. The third kappa shape index (κ3) is 3.41. The molecule has 0 radical (unpaired) electrons. The van der Waals surface area contributed by atoms with E-state index in [1.807, 2.05) is 49.4 Å². The van der Waals surface area contributed by atoms with E-state index in [-0.39, 0.29) is 12.3 Å². The Morgan fingerprint density at radius 1 is 1.32 bits per heavy atom. The van der Waals surface area contributed by atoms with Gasteiger partial charge in [0.25, 0.3) is 0 Å². The standard InChI is InChI=1S/C21H20N4O2S/c1-13-9-14(6-8-23-13)16-5-7-21(12-24-16,11-19(22)26)20-25-17-4-3-15(27-2)10-18(17)28-20/h3-10H,11-12H2,1-2H3,(H2,22,26). The number of hydrogen-bond donors (Lipinski definition) is 1. The van der Waals surface area contributed by atoms with Gasteiger partial charge >= 0.3 is 0 Å². The second-order valence-electron chi connectivity index (χ2n) is 6.87. The fourth-order valence-electron chi connectivity index (χ4n) is 3.35. The summed E-state index contributed by atoms with van der Waals surface area (Å²) < 4.78 is 6.31. The minimum atomic E-state index is -0.631. The number of aliphatic imine (C=N–C) groups is 1. The van der Waals surface area contributed by atoms with E-state index in [4.69, 9.17) is 20.4 Å². The number of carbonyl (C=O) groups is 1. The number of carbonyl (C=O) groups excluding carboxylic acids is 1. The van der Waals surface area contributed by atoms with E-state index in [0.29, 0.717) is 6.54 Å². The Bertz CT molecular complexity index is 1120. The largest absolute Gasteiger partial charge is 0.497 e. The molecular weight excluding hydrogens is 372 g/mol. The summed E-state index contributed by atoms with van der Waals surface area (Å²) in [6, 6.07) is 9.68. The van der Waals surface area contributed by atoms with Crippen molar-refractivity contribution in [2.45, 2.75) is 18.8 Å². The molecule has 1 aliphatic heterocycles. The highest BCUT2D eigenvalue weighted by molar-refractivity contribution is 7.18. The van der Waals surface area contributed by atoms with Crippen LogP contribution in [0.5, 0.6) is 5.75 Å². The summed E-state index contributed by atoms with van der Waals surface area (Å²) in [4.78, 5) is 25.6. The van der Waals surface area contributed by atoms with E-state index in [0.717, 1.165) is 37.9 Å². The topological polar surface area (TPSA) is 90.5 Å². The number of fused-ring (bicyclic) bond motifs is 1. The molecule has 0 aliphatic carbocycles. The van der Waals surface area contributed by atoms with Gasteiger partial charge in [-0.05, 0) is 43.3 Å². The molecule has 1 aliphatic rings. The molecule has 3 heterocycles. The van der Waals surface area contributed by atoms with Crippen LogP contribution in [0.1, 0.15) is 22.7 Å². The molecule has 0 bridgehead atoms. The second-order valence-corrected chi connectivity index (χ2v) is 7.90. The SMILES string of the molecule is COc1ccc2nc(C3(CC(N)=O)C=CC(c4ccnc(C)c4)=NC3)sc2c1. The Balaban J connectivity index is 1.73. The number of rotatable bonds is 5. The predicted octanol–water partition coefficient (Wildman–Crippen LogP) is 3.18. The van der Waals surface area contributed by atoms with Crippen molar-refractivity contribution in [2.75, 3.05) is 13.7 Å². The Morgan fingerprint density at radius 2 is 2.18 bits per heavy atom. The Kier molecular flexibility index (Phi) is 4.68. The predicted molar refractivity (Wildman–Crippen MR) is 111 cm³/mol. The lowest BCUT2D eigenvalue weighted by Crippen LogP contribution is -2.35. The maximum Gasteiger partial charge on any atom is 0.218 e. The van der Waals surface area contributed by atoms with Gasteiger partial charge in [0.1, 0.15) is 10.8 Å². The number of aromatic nitrogens is 2.